The first-order chi connectivity index (χ1) is 21.4. The molecule has 0 aliphatic heterocycles. The van der Waals surface area contributed by atoms with Crippen LogP contribution in [0.4, 0.5) is 9.18 Å². The van der Waals surface area contributed by atoms with E-state index in [2.05, 4.69) is 15.4 Å². The molecule has 12 heteroatoms. The molecule has 1 amide bonds. The molecule has 0 bridgehead atoms. The molecule has 4 heterocycles. The van der Waals surface area contributed by atoms with E-state index < -0.39 is 12.0 Å². The second-order valence-electron chi connectivity index (χ2n) is 11.0. The van der Waals surface area contributed by atoms with Crippen molar-refractivity contribution in [2.24, 2.45) is 14.1 Å². The lowest BCUT2D eigenvalue weighted by molar-refractivity contribution is 0.136. The largest absolute Gasteiger partial charge is 0.445 e. The van der Waals surface area contributed by atoms with E-state index in [1.54, 1.807) is 26.5 Å². The van der Waals surface area contributed by atoms with Gasteiger partial charge < -0.3 is 15.0 Å². The number of fused-ring (bicyclic) bond motifs is 3. The van der Waals surface area contributed by atoms with E-state index >= 15 is 4.39 Å². The molecular weight excluding hydrogens is 581 g/mol. The highest BCUT2D eigenvalue weighted by atomic mass is 32.2. The second-order valence-corrected chi connectivity index (χ2v) is 12.1. The lowest BCUT2D eigenvalue weighted by Gasteiger charge is -2.13. The molecule has 0 unspecified atom stereocenters. The zero-order valence-electron chi connectivity index (χ0n) is 24.2. The van der Waals surface area contributed by atoms with Crippen LogP contribution in [-0.2, 0) is 25.4 Å². The first-order valence-corrected chi connectivity index (χ1v) is 15.2. The van der Waals surface area contributed by atoms with Crippen molar-refractivity contribution in [3.8, 4) is 22.4 Å². The van der Waals surface area contributed by atoms with Gasteiger partial charge in [-0.25, -0.2) is 14.6 Å². The Bertz CT molecular complexity index is 2070. The molecule has 0 radical (unpaired) electrons. The van der Waals surface area contributed by atoms with Gasteiger partial charge in [-0.3, -0.25) is 13.2 Å². The van der Waals surface area contributed by atoms with Crippen molar-refractivity contribution in [3.63, 3.8) is 0 Å². The van der Waals surface area contributed by atoms with E-state index in [0.717, 1.165) is 41.7 Å². The number of benzene rings is 2. The molecule has 2 N–H and O–H groups in total. The van der Waals surface area contributed by atoms with Crippen molar-refractivity contribution >= 4 is 40.1 Å². The summed E-state index contributed by atoms with van der Waals surface area (Å²) in [6.07, 6.45) is 7.00. The number of rotatable bonds is 7. The fourth-order valence-electron chi connectivity index (χ4n) is 5.95. The van der Waals surface area contributed by atoms with E-state index in [4.69, 9.17) is 9.72 Å². The molecule has 1 aliphatic rings. The molecule has 0 atom stereocenters. The Labute approximate surface area is 256 Å². The number of alkyl carbamates (subject to hydrolysis) is 1. The van der Waals surface area contributed by atoms with Crippen molar-refractivity contribution in [1.82, 2.24) is 33.6 Å². The van der Waals surface area contributed by atoms with Crippen LogP contribution >= 0.6 is 11.9 Å². The second kappa shape index (κ2) is 11.3. The minimum absolute atomic E-state index is 0.0657. The third-order valence-corrected chi connectivity index (χ3v) is 9.08. The van der Waals surface area contributed by atoms with E-state index in [0.29, 0.717) is 33.3 Å². The summed E-state index contributed by atoms with van der Waals surface area (Å²) in [7, 11) is 3.35. The minimum Gasteiger partial charge on any atom is -0.445 e. The van der Waals surface area contributed by atoms with Gasteiger partial charge >= 0.3 is 11.8 Å². The summed E-state index contributed by atoms with van der Waals surface area (Å²) in [6.45, 7) is 0.0657. The summed E-state index contributed by atoms with van der Waals surface area (Å²) in [5.41, 5.74) is 4.49. The van der Waals surface area contributed by atoms with E-state index in [1.807, 2.05) is 58.6 Å². The summed E-state index contributed by atoms with van der Waals surface area (Å²) in [5.74, 6) is -0.632. The van der Waals surface area contributed by atoms with E-state index in [9.17, 15) is 9.59 Å². The highest BCUT2D eigenvalue weighted by Gasteiger charge is 2.28. The monoisotopic (exact) mass is 611 g/mol. The molecule has 0 saturated heterocycles. The number of hydrogen-bond acceptors (Lipinski definition) is 6. The fraction of sp³-hybridized carbons (Fsp3) is 0.250. The van der Waals surface area contributed by atoms with Crippen LogP contribution in [0.3, 0.4) is 0 Å². The van der Waals surface area contributed by atoms with Crippen molar-refractivity contribution in [3.05, 3.63) is 89.0 Å². The molecule has 1 aliphatic carbocycles. The fourth-order valence-corrected chi connectivity index (χ4v) is 6.95. The van der Waals surface area contributed by atoms with Crippen LogP contribution < -0.4 is 11.0 Å². The number of ether oxygens (including phenoxy) is 1. The highest BCUT2D eigenvalue weighted by Crippen LogP contribution is 2.46. The van der Waals surface area contributed by atoms with Crippen molar-refractivity contribution < 1.29 is 13.9 Å². The third kappa shape index (κ3) is 5.04. The molecule has 7 rings (SSSR count). The maximum absolute atomic E-state index is 15.6. The lowest BCUT2D eigenvalue weighted by atomic mass is 9.98. The summed E-state index contributed by atoms with van der Waals surface area (Å²) < 4.78 is 26.0. The number of imidazole rings is 1. The number of nitrogens with zero attached hydrogens (tertiary/aromatic N) is 5. The van der Waals surface area contributed by atoms with Gasteiger partial charge in [0, 0.05) is 36.8 Å². The number of carbonyl (C=O) groups excluding carboxylic acids is 1. The molecule has 44 heavy (non-hydrogen) atoms. The van der Waals surface area contributed by atoms with Crippen molar-refractivity contribution in [2.75, 3.05) is 0 Å². The van der Waals surface area contributed by atoms with Gasteiger partial charge in [0.25, 0.3) is 0 Å². The molecule has 4 aromatic heterocycles. The number of hydrogen-bond donors (Lipinski definition) is 2. The lowest BCUT2D eigenvalue weighted by Crippen LogP contribution is -2.32. The van der Waals surface area contributed by atoms with Gasteiger partial charge in [-0.05, 0) is 54.1 Å². The number of aromatic nitrogens is 6. The predicted molar refractivity (Wildman–Crippen MR) is 168 cm³/mol. The predicted octanol–water partition coefficient (Wildman–Crippen LogP) is 6.15. The Hall–Kier alpha value is -4.84. The normalized spacial score (nSPS) is 13.7. The molecule has 224 valence electrons. The summed E-state index contributed by atoms with van der Waals surface area (Å²) >= 11 is 1.40. The Kier molecular flexibility index (Phi) is 7.21. The van der Waals surface area contributed by atoms with Gasteiger partial charge in [-0.1, -0.05) is 49.2 Å². The molecule has 6 aromatic rings. The molecule has 0 spiro atoms. The van der Waals surface area contributed by atoms with Crippen LogP contribution in [0.2, 0.25) is 0 Å². The van der Waals surface area contributed by atoms with Crippen LogP contribution in [0.25, 0.3) is 44.5 Å². The van der Waals surface area contributed by atoms with Crippen LogP contribution in [0.15, 0.2) is 76.7 Å². The van der Waals surface area contributed by atoms with Gasteiger partial charge in [-0.2, -0.15) is 4.39 Å². The maximum Gasteiger partial charge on any atom is 0.407 e. The Morgan fingerprint density at radius 1 is 1.14 bits per heavy atom. The average molecular weight is 612 g/mol. The van der Waals surface area contributed by atoms with Crippen LogP contribution in [0.1, 0.15) is 31.2 Å². The maximum atomic E-state index is 15.6. The van der Waals surface area contributed by atoms with Crippen molar-refractivity contribution in [1.29, 1.82) is 0 Å². The van der Waals surface area contributed by atoms with Crippen LogP contribution in [0.5, 0.6) is 0 Å². The van der Waals surface area contributed by atoms with Gasteiger partial charge in [0.05, 0.1) is 33.9 Å². The SMILES string of the molecule is Cn1cc(-c2c(-c3cccc(COC(=O)NC4CCCC4)c3)c3c4[nH]c(=O)n(C)c4cnc3n2Sc2ccccc2)c(F)n1. The number of aromatic amines is 1. The number of aryl methyl sites for hydroxylation is 2. The van der Waals surface area contributed by atoms with Gasteiger partial charge in [0.1, 0.15) is 6.61 Å². The van der Waals surface area contributed by atoms with Gasteiger partial charge in [-0.15, -0.1) is 5.10 Å². The molecule has 2 aromatic carbocycles. The molecule has 10 nitrogen and oxygen atoms in total. The quantitative estimate of drug-likeness (QED) is 0.224. The number of halogens is 1. The standard InChI is InChI=1S/C32H30FN7O3S/c1-38-17-23(29(33)37-38)28-25(20-10-8-9-19(15-20)18-43-32(42)35-21-11-6-7-12-21)26-27-24(39(2)31(41)36-27)16-34-30(26)40(28)44-22-13-4-3-5-14-22/h3-5,8-10,13-17,21H,6-7,11-12,18H2,1-2H3,(H,35,42)(H,36,41). The molecule has 1 fully saturated rings. The topological polar surface area (TPSA) is 112 Å². The van der Waals surface area contributed by atoms with Crippen LogP contribution in [0, 0.1) is 5.95 Å². The van der Waals surface area contributed by atoms with E-state index in [1.165, 1.54) is 21.2 Å². The number of amides is 1. The smallest absolute Gasteiger partial charge is 0.407 e. The summed E-state index contributed by atoms with van der Waals surface area (Å²) in [4.78, 5) is 34.0. The number of carbonyl (C=O) groups is 1. The highest BCUT2D eigenvalue weighted by molar-refractivity contribution is 7.98. The minimum atomic E-state index is -0.632. The summed E-state index contributed by atoms with van der Waals surface area (Å²) in [6, 6.07) is 17.5. The molecular formula is C32H30FN7O3S. The van der Waals surface area contributed by atoms with E-state index in [-0.39, 0.29) is 23.9 Å². The zero-order valence-corrected chi connectivity index (χ0v) is 25.0. The summed E-state index contributed by atoms with van der Waals surface area (Å²) in [5, 5.41) is 7.63. The number of pyridine rings is 1. The van der Waals surface area contributed by atoms with Gasteiger partial charge in [0.15, 0.2) is 5.65 Å². The third-order valence-electron chi connectivity index (χ3n) is 8.06. The Morgan fingerprint density at radius 3 is 2.68 bits per heavy atom. The average Bonchev–Trinajstić information content (AvgIpc) is 3.79. The number of nitrogens with one attached hydrogen (secondary N) is 2. The molecule has 1 saturated carbocycles. The zero-order chi connectivity index (χ0) is 30.4. The Morgan fingerprint density at radius 2 is 1.93 bits per heavy atom. The Balaban J connectivity index is 1.42. The van der Waals surface area contributed by atoms with Gasteiger partial charge in [0.2, 0.25) is 5.95 Å². The first-order valence-electron chi connectivity index (χ1n) is 14.4. The van der Waals surface area contributed by atoms with Crippen molar-refractivity contribution in [2.45, 2.75) is 43.2 Å². The number of H-pyrrole nitrogens is 1. The van der Waals surface area contributed by atoms with Crippen LogP contribution in [-0.4, -0.2) is 40.4 Å². The first kappa shape index (κ1) is 28.0.